The van der Waals surface area contributed by atoms with Gasteiger partial charge >= 0.3 is 0 Å². The van der Waals surface area contributed by atoms with Crippen LogP contribution in [-0.2, 0) is 6.54 Å². The van der Waals surface area contributed by atoms with E-state index in [1.165, 1.54) is 11.1 Å². The summed E-state index contributed by atoms with van der Waals surface area (Å²) in [6, 6.07) is 22.0. The Morgan fingerprint density at radius 2 is 1.48 bits per heavy atom. The fraction of sp³-hybridized carbons (Fsp3) is 0.100. The van der Waals surface area contributed by atoms with Crippen molar-refractivity contribution in [3.8, 4) is 11.1 Å². The van der Waals surface area contributed by atoms with Gasteiger partial charge in [-0.25, -0.2) is 0 Å². The summed E-state index contributed by atoms with van der Waals surface area (Å²) in [5, 5.41) is 0. The van der Waals surface area contributed by atoms with Gasteiger partial charge in [-0.1, -0.05) is 54.6 Å². The summed E-state index contributed by atoms with van der Waals surface area (Å²) in [6.07, 6.45) is 3.27. The number of hydrogen-bond acceptors (Lipinski definition) is 2. The topological polar surface area (TPSA) is 33.2 Å². The second kappa shape index (κ2) is 6.88. The lowest BCUT2D eigenvalue weighted by Crippen LogP contribution is -2.26. The quantitative estimate of drug-likeness (QED) is 0.729. The van der Waals surface area contributed by atoms with Crippen molar-refractivity contribution < 1.29 is 4.79 Å². The SMILES string of the molecule is CN(Cc1ccc(-c2ccccc2)cc1)C(=O)c1ccncc1. The molecule has 3 aromatic rings. The maximum Gasteiger partial charge on any atom is 0.254 e. The zero-order chi connectivity index (χ0) is 16.1. The third-order valence-electron chi connectivity index (χ3n) is 3.75. The van der Waals surface area contributed by atoms with Crippen molar-refractivity contribution in [3.05, 3.63) is 90.3 Å². The van der Waals surface area contributed by atoms with E-state index in [1.54, 1.807) is 29.4 Å². The highest BCUT2D eigenvalue weighted by Gasteiger charge is 2.11. The average molecular weight is 302 g/mol. The van der Waals surface area contributed by atoms with Crippen LogP contribution in [0.15, 0.2) is 79.1 Å². The molecule has 0 radical (unpaired) electrons. The van der Waals surface area contributed by atoms with E-state index in [0.29, 0.717) is 12.1 Å². The molecule has 23 heavy (non-hydrogen) atoms. The molecule has 1 aromatic heterocycles. The summed E-state index contributed by atoms with van der Waals surface area (Å²) in [7, 11) is 1.81. The monoisotopic (exact) mass is 302 g/mol. The maximum absolute atomic E-state index is 12.3. The second-order valence-corrected chi connectivity index (χ2v) is 5.46. The zero-order valence-electron chi connectivity index (χ0n) is 13.0. The molecule has 114 valence electrons. The first kappa shape index (κ1) is 15.0. The summed E-state index contributed by atoms with van der Waals surface area (Å²) in [4.78, 5) is 18.0. The molecule has 0 unspecified atom stereocenters. The van der Waals surface area contributed by atoms with Crippen LogP contribution in [0.2, 0.25) is 0 Å². The van der Waals surface area contributed by atoms with E-state index >= 15 is 0 Å². The van der Waals surface area contributed by atoms with Gasteiger partial charge in [0.25, 0.3) is 5.91 Å². The summed E-state index contributed by atoms with van der Waals surface area (Å²) >= 11 is 0. The number of aromatic nitrogens is 1. The van der Waals surface area contributed by atoms with Gasteiger partial charge in [0.15, 0.2) is 0 Å². The second-order valence-electron chi connectivity index (χ2n) is 5.46. The van der Waals surface area contributed by atoms with Crippen molar-refractivity contribution in [1.29, 1.82) is 0 Å². The Labute approximate surface area is 136 Å². The molecule has 0 aliphatic heterocycles. The van der Waals surface area contributed by atoms with Crippen LogP contribution >= 0.6 is 0 Å². The molecule has 0 aliphatic carbocycles. The molecule has 0 bridgehead atoms. The lowest BCUT2D eigenvalue weighted by atomic mass is 10.0. The minimum atomic E-state index is -0.000430. The van der Waals surface area contributed by atoms with Gasteiger partial charge in [0, 0.05) is 31.5 Å². The molecule has 2 aromatic carbocycles. The van der Waals surface area contributed by atoms with E-state index in [9.17, 15) is 4.79 Å². The third-order valence-corrected chi connectivity index (χ3v) is 3.75. The standard InChI is InChI=1S/C20H18N2O/c1-22(20(23)19-11-13-21-14-12-19)15-16-7-9-18(10-8-16)17-5-3-2-4-6-17/h2-14H,15H2,1H3. The zero-order valence-corrected chi connectivity index (χ0v) is 13.0. The highest BCUT2D eigenvalue weighted by Crippen LogP contribution is 2.19. The van der Waals surface area contributed by atoms with E-state index in [1.807, 2.05) is 25.2 Å². The molecule has 0 fully saturated rings. The lowest BCUT2D eigenvalue weighted by molar-refractivity contribution is 0.0785. The molecule has 0 atom stereocenters. The molecule has 0 spiro atoms. The third kappa shape index (κ3) is 3.64. The van der Waals surface area contributed by atoms with Crippen LogP contribution in [0, 0.1) is 0 Å². The van der Waals surface area contributed by atoms with Gasteiger partial charge in [-0.3, -0.25) is 9.78 Å². The van der Waals surface area contributed by atoms with E-state index in [4.69, 9.17) is 0 Å². The van der Waals surface area contributed by atoms with Gasteiger partial charge in [-0.2, -0.15) is 0 Å². The Balaban J connectivity index is 1.70. The fourth-order valence-electron chi connectivity index (χ4n) is 2.49. The number of pyridine rings is 1. The number of hydrogen-bond donors (Lipinski definition) is 0. The first-order valence-electron chi connectivity index (χ1n) is 7.54. The van der Waals surface area contributed by atoms with Crippen molar-refractivity contribution in [3.63, 3.8) is 0 Å². The van der Waals surface area contributed by atoms with Crippen LogP contribution in [0.5, 0.6) is 0 Å². The maximum atomic E-state index is 12.3. The van der Waals surface area contributed by atoms with E-state index < -0.39 is 0 Å². The van der Waals surface area contributed by atoms with Gasteiger partial charge in [-0.15, -0.1) is 0 Å². The Bertz CT molecular complexity index is 768. The smallest absolute Gasteiger partial charge is 0.254 e. The number of carbonyl (C=O) groups excluding carboxylic acids is 1. The van der Waals surface area contributed by atoms with Crippen molar-refractivity contribution >= 4 is 5.91 Å². The van der Waals surface area contributed by atoms with Crippen LogP contribution in [0.25, 0.3) is 11.1 Å². The van der Waals surface area contributed by atoms with Crippen LogP contribution in [0.1, 0.15) is 15.9 Å². The largest absolute Gasteiger partial charge is 0.337 e. The molecular formula is C20H18N2O. The lowest BCUT2D eigenvalue weighted by Gasteiger charge is -2.17. The Kier molecular flexibility index (Phi) is 4.48. The molecule has 1 amide bonds. The summed E-state index contributed by atoms with van der Waals surface area (Å²) in [5.41, 5.74) is 4.13. The van der Waals surface area contributed by atoms with E-state index in [0.717, 1.165) is 5.56 Å². The highest BCUT2D eigenvalue weighted by atomic mass is 16.2. The normalized spacial score (nSPS) is 10.3. The first-order chi connectivity index (χ1) is 11.2. The fourth-order valence-corrected chi connectivity index (χ4v) is 2.49. The summed E-state index contributed by atoms with van der Waals surface area (Å²) in [6.45, 7) is 0.580. The minimum absolute atomic E-state index is 0.000430. The van der Waals surface area contributed by atoms with Crippen LogP contribution in [0.4, 0.5) is 0 Å². The molecular weight excluding hydrogens is 284 g/mol. The van der Waals surface area contributed by atoms with E-state index in [-0.39, 0.29) is 5.91 Å². The number of carbonyl (C=O) groups is 1. The number of rotatable bonds is 4. The number of amides is 1. The van der Waals surface area contributed by atoms with Crippen molar-refractivity contribution in [2.75, 3.05) is 7.05 Å². The molecule has 0 saturated heterocycles. The van der Waals surface area contributed by atoms with Crippen molar-refractivity contribution in [1.82, 2.24) is 9.88 Å². The van der Waals surface area contributed by atoms with Crippen LogP contribution < -0.4 is 0 Å². The Morgan fingerprint density at radius 3 is 2.13 bits per heavy atom. The minimum Gasteiger partial charge on any atom is -0.337 e. The van der Waals surface area contributed by atoms with Gasteiger partial charge in [0.2, 0.25) is 0 Å². The summed E-state index contributed by atoms with van der Waals surface area (Å²) in [5.74, 6) is -0.000430. The number of nitrogens with zero attached hydrogens (tertiary/aromatic N) is 2. The Hall–Kier alpha value is -2.94. The molecule has 3 heteroatoms. The predicted octanol–water partition coefficient (Wildman–Crippen LogP) is 4.02. The molecule has 0 N–H and O–H groups in total. The van der Waals surface area contributed by atoms with Gasteiger partial charge in [0.05, 0.1) is 0 Å². The number of benzene rings is 2. The van der Waals surface area contributed by atoms with Crippen LogP contribution in [-0.4, -0.2) is 22.8 Å². The predicted molar refractivity (Wildman–Crippen MR) is 91.9 cm³/mol. The van der Waals surface area contributed by atoms with Gasteiger partial charge in [0.1, 0.15) is 0 Å². The van der Waals surface area contributed by atoms with Gasteiger partial charge < -0.3 is 4.90 Å². The molecule has 0 aliphatic rings. The van der Waals surface area contributed by atoms with Crippen molar-refractivity contribution in [2.45, 2.75) is 6.54 Å². The first-order valence-corrected chi connectivity index (χ1v) is 7.54. The Morgan fingerprint density at radius 1 is 0.870 bits per heavy atom. The molecule has 3 nitrogen and oxygen atoms in total. The van der Waals surface area contributed by atoms with Gasteiger partial charge in [-0.05, 0) is 28.8 Å². The van der Waals surface area contributed by atoms with Crippen LogP contribution in [0.3, 0.4) is 0 Å². The average Bonchev–Trinajstić information content (AvgIpc) is 2.63. The highest BCUT2D eigenvalue weighted by molar-refractivity contribution is 5.93. The summed E-state index contributed by atoms with van der Waals surface area (Å²) < 4.78 is 0. The molecule has 0 saturated carbocycles. The van der Waals surface area contributed by atoms with E-state index in [2.05, 4.69) is 41.4 Å². The molecule has 3 rings (SSSR count). The van der Waals surface area contributed by atoms with Crippen molar-refractivity contribution in [2.24, 2.45) is 0 Å². The molecule has 1 heterocycles.